The molecule has 5 heteroatoms. The second kappa shape index (κ2) is 5.53. The number of carbonyl (C=O) groups excluding carboxylic acids is 1. The van der Waals surface area contributed by atoms with Crippen molar-refractivity contribution in [2.24, 2.45) is 5.73 Å². The Bertz CT molecular complexity index is 396. The average molecular weight is 261 g/mol. The number of rotatable bonds is 1. The van der Waals surface area contributed by atoms with E-state index in [1.807, 2.05) is 18.2 Å². The summed E-state index contributed by atoms with van der Waals surface area (Å²) in [6, 6.07) is 5.82. The molecular weight excluding hydrogens is 247 g/mol. The van der Waals surface area contributed by atoms with E-state index in [0.717, 1.165) is 17.0 Å². The minimum absolute atomic E-state index is 0. The molecular formula is C11H14Cl2N2O. The predicted molar refractivity (Wildman–Crippen MR) is 66.9 cm³/mol. The molecule has 88 valence electrons. The first-order valence-electron chi connectivity index (χ1n) is 4.96. The van der Waals surface area contributed by atoms with Gasteiger partial charge in [0.05, 0.1) is 6.54 Å². The van der Waals surface area contributed by atoms with Crippen molar-refractivity contribution in [1.82, 2.24) is 4.90 Å². The summed E-state index contributed by atoms with van der Waals surface area (Å²) in [4.78, 5) is 13.2. The van der Waals surface area contributed by atoms with Gasteiger partial charge >= 0.3 is 0 Å². The Morgan fingerprint density at radius 2 is 2.25 bits per heavy atom. The molecule has 1 heterocycles. The van der Waals surface area contributed by atoms with Crippen LogP contribution in [-0.2, 0) is 17.8 Å². The second-order valence-corrected chi connectivity index (χ2v) is 4.05. The van der Waals surface area contributed by atoms with Crippen molar-refractivity contribution >= 4 is 29.9 Å². The number of nitrogens with zero attached hydrogens (tertiary/aromatic N) is 1. The van der Waals surface area contributed by atoms with E-state index >= 15 is 0 Å². The topological polar surface area (TPSA) is 46.3 Å². The highest BCUT2D eigenvalue weighted by Crippen LogP contribution is 2.25. The van der Waals surface area contributed by atoms with Crippen LogP contribution >= 0.6 is 24.0 Å². The predicted octanol–water partition coefficient (Wildman–Crippen LogP) is 1.61. The maximum atomic E-state index is 11.4. The number of hydrogen-bond acceptors (Lipinski definition) is 2. The van der Waals surface area contributed by atoms with Gasteiger partial charge in [0, 0.05) is 18.1 Å². The fourth-order valence-corrected chi connectivity index (χ4v) is 2.19. The van der Waals surface area contributed by atoms with Crippen molar-refractivity contribution in [2.75, 3.05) is 13.1 Å². The number of amides is 1. The van der Waals surface area contributed by atoms with Gasteiger partial charge in [-0.3, -0.25) is 4.79 Å². The van der Waals surface area contributed by atoms with Gasteiger partial charge in [0.2, 0.25) is 5.91 Å². The van der Waals surface area contributed by atoms with Crippen LogP contribution in [0.15, 0.2) is 18.2 Å². The Morgan fingerprint density at radius 1 is 1.50 bits per heavy atom. The van der Waals surface area contributed by atoms with E-state index in [1.54, 1.807) is 4.90 Å². The van der Waals surface area contributed by atoms with Crippen LogP contribution < -0.4 is 5.73 Å². The molecule has 0 saturated carbocycles. The highest BCUT2D eigenvalue weighted by molar-refractivity contribution is 6.31. The molecule has 0 unspecified atom stereocenters. The SMILES string of the molecule is Cl.NCC(=O)N1CCc2c(Cl)cccc2C1. The summed E-state index contributed by atoms with van der Waals surface area (Å²) in [7, 11) is 0. The number of hydrogen-bond donors (Lipinski definition) is 1. The van der Waals surface area contributed by atoms with Crippen LogP contribution in [0.2, 0.25) is 5.02 Å². The zero-order valence-corrected chi connectivity index (χ0v) is 10.4. The standard InChI is InChI=1S/C11H13ClN2O.ClH/c12-10-3-1-2-8-7-14(11(15)6-13)5-4-9(8)10;/h1-3H,4-7,13H2;1H. The van der Waals surface area contributed by atoms with Crippen LogP contribution in [0.5, 0.6) is 0 Å². The van der Waals surface area contributed by atoms with Crippen LogP contribution in [0.25, 0.3) is 0 Å². The molecule has 1 aliphatic heterocycles. The van der Waals surface area contributed by atoms with E-state index in [2.05, 4.69) is 0 Å². The summed E-state index contributed by atoms with van der Waals surface area (Å²) < 4.78 is 0. The van der Waals surface area contributed by atoms with Crippen LogP contribution in [0.1, 0.15) is 11.1 Å². The Kier molecular flexibility index (Phi) is 4.59. The fraction of sp³-hybridized carbons (Fsp3) is 0.364. The molecule has 0 aromatic heterocycles. The third-order valence-corrected chi connectivity index (χ3v) is 3.09. The number of halogens is 2. The number of fused-ring (bicyclic) bond motifs is 1. The maximum absolute atomic E-state index is 11.4. The zero-order chi connectivity index (χ0) is 10.8. The molecule has 1 aromatic rings. The Hall–Kier alpha value is -0.770. The van der Waals surface area contributed by atoms with Crippen molar-refractivity contribution in [3.8, 4) is 0 Å². The first-order chi connectivity index (χ1) is 7.22. The molecule has 0 radical (unpaired) electrons. The highest BCUT2D eigenvalue weighted by Gasteiger charge is 2.20. The average Bonchev–Trinajstić information content (AvgIpc) is 2.28. The largest absolute Gasteiger partial charge is 0.337 e. The number of nitrogens with two attached hydrogens (primary N) is 1. The van der Waals surface area contributed by atoms with E-state index in [1.165, 1.54) is 5.56 Å². The Labute approximate surface area is 106 Å². The van der Waals surface area contributed by atoms with Gasteiger partial charge in [0.25, 0.3) is 0 Å². The van der Waals surface area contributed by atoms with Crippen molar-refractivity contribution < 1.29 is 4.79 Å². The molecule has 3 nitrogen and oxygen atoms in total. The lowest BCUT2D eigenvalue weighted by Crippen LogP contribution is -2.39. The first-order valence-corrected chi connectivity index (χ1v) is 5.34. The van der Waals surface area contributed by atoms with Gasteiger partial charge < -0.3 is 10.6 Å². The van der Waals surface area contributed by atoms with E-state index in [9.17, 15) is 4.79 Å². The third-order valence-electron chi connectivity index (χ3n) is 2.74. The molecule has 16 heavy (non-hydrogen) atoms. The van der Waals surface area contributed by atoms with E-state index < -0.39 is 0 Å². The van der Waals surface area contributed by atoms with Gasteiger partial charge in [0.1, 0.15) is 0 Å². The molecule has 0 fully saturated rings. The number of benzene rings is 1. The molecule has 0 atom stereocenters. The van der Waals surface area contributed by atoms with Gasteiger partial charge in [-0.2, -0.15) is 0 Å². The summed E-state index contributed by atoms with van der Waals surface area (Å²) in [6.45, 7) is 1.43. The smallest absolute Gasteiger partial charge is 0.236 e. The summed E-state index contributed by atoms with van der Waals surface area (Å²) in [5.74, 6) is 0.000579. The summed E-state index contributed by atoms with van der Waals surface area (Å²) in [5, 5.41) is 0.798. The Balaban J connectivity index is 0.00000128. The summed E-state index contributed by atoms with van der Waals surface area (Å²) >= 11 is 6.08. The molecule has 1 aromatic carbocycles. The first kappa shape index (κ1) is 13.3. The third kappa shape index (κ3) is 2.48. The summed E-state index contributed by atoms with van der Waals surface area (Å²) in [5.41, 5.74) is 7.64. The minimum atomic E-state index is 0. The molecule has 1 amide bonds. The van der Waals surface area contributed by atoms with Crippen LogP contribution in [0.3, 0.4) is 0 Å². The minimum Gasteiger partial charge on any atom is -0.337 e. The second-order valence-electron chi connectivity index (χ2n) is 3.65. The van der Waals surface area contributed by atoms with Crippen molar-refractivity contribution in [1.29, 1.82) is 0 Å². The van der Waals surface area contributed by atoms with Crippen molar-refractivity contribution in [3.05, 3.63) is 34.3 Å². The lowest BCUT2D eigenvalue weighted by atomic mass is 10.00. The zero-order valence-electron chi connectivity index (χ0n) is 8.78. The molecule has 0 spiro atoms. The molecule has 1 aliphatic rings. The van der Waals surface area contributed by atoms with Gasteiger partial charge in [-0.05, 0) is 23.6 Å². The normalized spacial score (nSPS) is 14.0. The molecule has 0 saturated heterocycles. The molecule has 2 rings (SSSR count). The molecule has 2 N–H and O–H groups in total. The lowest BCUT2D eigenvalue weighted by molar-refractivity contribution is -0.130. The van der Waals surface area contributed by atoms with E-state index in [0.29, 0.717) is 13.1 Å². The van der Waals surface area contributed by atoms with Gasteiger partial charge in [0.15, 0.2) is 0 Å². The van der Waals surface area contributed by atoms with Crippen molar-refractivity contribution in [2.45, 2.75) is 13.0 Å². The van der Waals surface area contributed by atoms with E-state index in [-0.39, 0.29) is 24.9 Å². The fourth-order valence-electron chi connectivity index (χ4n) is 1.90. The lowest BCUT2D eigenvalue weighted by Gasteiger charge is -2.29. The van der Waals surface area contributed by atoms with Gasteiger partial charge in [-0.25, -0.2) is 0 Å². The molecule has 0 aliphatic carbocycles. The highest BCUT2D eigenvalue weighted by atomic mass is 35.5. The van der Waals surface area contributed by atoms with Crippen molar-refractivity contribution in [3.63, 3.8) is 0 Å². The monoisotopic (exact) mass is 260 g/mol. The van der Waals surface area contributed by atoms with Gasteiger partial charge in [-0.1, -0.05) is 23.7 Å². The molecule has 0 bridgehead atoms. The summed E-state index contributed by atoms with van der Waals surface area (Å²) in [6.07, 6.45) is 0.820. The van der Waals surface area contributed by atoms with E-state index in [4.69, 9.17) is 17.3 Å². The van der Waals surface area contributed by atoms with Gasteiger partial charge in [-0.15, -0.1) is 12.4 Å². The van der Waals surface area contributed by atoms with Crippen LogP contribution in [0, 0.1) is 0 Å². The number of carbonyl (C=O) groups is 1. The Morgan fingerprint density at radius 3 is 2.94 bits per heavy atom. The quantitative estimate of drug-likeness (QED) is 0.834. The maximum Gasteiger partial charge on any atom is 0.236 e. The van der Waals surface area contributed by atoms with Crippen LogP contribution in [-0.4, -0.2) is 23.9 Å². The van der Waals surface area contributed by atoms with Crippen LogP contribution in [0.4, 0.5) is 0 Å².